The van der Waals surface area contributed by atoms with Crippen LogP contribution in [0.1, 0.15) is 19.8 Å². The summed E-state index contributed by atoms with van der Waals surface area (Å²) in [7, 11) is -2.83. The van der Waals surface area contributed by atoms with Crippen molar-refractivity contribution in [2.24, 2.45) is 0 Å². The van der Waals surface area contributed by atoms with Crippen LogP contribution in [0.5, 0.6) is 0 Å². The molecule has 1 atom stereocenters. The van der Waals surface area contributed by atoms with Gasteiger partial charge in [0.1, 0.15) is 0 Å². The van der Waals surface area contributed by atoms with Crippen LogP contribution in [0.4, 0.5) is 0 Å². The van der Waals surface area contributed by atoms with Crippen molar-refractivity contribution in [2.45, 2.75) is 19.8 Å². The molecule has 0 spiro atoms. The molecule has 1 unspecified atom stereocenters. The molecule has 0 aliphatic carbocycles. The van der Waals surface area contributed by atoms with Crippen molar-refractivity contribution in [1.29, 1.82) is 0 Å². The van der Waals surface area contributed by atoms with Crippen molar-refractivity contribution in [3.05, 3.63) is 12.7 Å². The SMILES string of the molecule is C=CCP(=O)(O)CCCC. The Morgan fingerprint density at radius 2 is 2.30 bits per heavy atom. The lowest BCUT2D eigenvalue weighted by molar-refractivity contribution is 0.479. The molecule has 2 nitrogen and oxygen atoms in total. The minimum atomic E-state index is -2.83. The second-order valence-electron chi connectivity index (χ2n) is 2.39. The minimum absolute atomic E-state index is 0.257. The first-order valence-electron chi connectivity index (χ1n) is 3.54. The van der Waals surface area contributed by atoms with E-state index < -0.39 is 7.37 Å². The van der Waals surface area contributed by atoms with Gasteiger partial charge >= 0.3 is 0 Å². The summed E-state index contributed by atoms with van der Waals surface area (Å²) < 4.78 is 11.1. The zero-order chi connectivity index (χ0) is 8.04. The fourth-order valence-electron chi connectivity index (χ4n) is 0.698. The molecule has 0 aromatic carbocycles. The Morgan fingerprint density at radius 3 is 2.70 bits per heavy atom. The van der Waals surface area contributed by atoms with Gasteiger partial charge in [0.05, 0.1) is 0 Å². The lowest BCUT2D eigenvalue weighted by Gasteiger charge is -2.06. The molecule has 0 heterocycles. The van der Waals surface area contributed by atoms with Crippen LogP contribution in [-0.4, -0.2) is 17.2 Å². The number of hydrogen-bond acceptors (Lipinski definition) is 1. The van der Waals surface area contributed by atoms with Crippen LogP contribution in [0.25, 0.3) is 0 Å². The first kappa shape index (κ1) is 9.93. The van der Waals surface area contributed by atoms with E-state index in [1.165, 1.54) is 6.08 Å². The highest BCUT2D eigenvalue weighted by atomic mass is 31.2. The van der Waals surface area contributed by atoms with E-state index in [1.807, 2.05) is 6.92 Å². The van der Waals surface area contributed by atoms with E-state index in [4.69, 9.17) is 4.89 Å². The van der Waals surface area contributed by atoms with E-state index in [0.29, 0.717) is 6.16 Å². The van der Waals surface area contributed by atoms with Crippen LogP contribution in [-0.2, 0) is 4.57 Å². The lowest BCUT2D eigenvalue weighted by Crippen LogP contribution is -1.91. The van der Waals surface area contributed by atoms with Gasteiger partial charge in [-0.15, -0.1) is 6.58 Å². The summed E-state index contributed by atoms with van der Waals surface area (Å²) in [5.41, 5.74) is 0. The van der Waals surface area contributed by atoms with Gasteiger partial charge in [-0.25, -0.2) is 0 Å². The zero-order valence-electron chi connectivity index (χ0n) is 6.42. The third-order valence-electron chi connectivity index (χ3n) is 1.28. The molecule has 0 aromatic rings. The second-order valence-corrected chi connectivity index (χ2v) is 4.90. The van der Waals surface area contributed by atoms with Crippen LogP contribution in [0, 0.1) is 0 Å². The van der Waals surface area contributed by atoms with Gasteiger partial charge in [-0.2, -0.15) is 0 Å². The predicted molar refractivity (Wildman–Crippen MR) is 44.7 cm³/mol. The first-order chi connectivity index (χ1) is 4.62. The van der Waals surface area contributed by atoms with Crippen molar-refractivity contribution in [3.8, 4) is 0 Å². The number of allylic oxidation sites excluding steroid dienone is 1. The van der Waals surface area contributed by atoms with Crippen LogP contribution in [0.3, 0.4) is 0 Å². The molecule has 0 saturated carbocycles. The summed E-state index contributed by atoms with van der Waals surface area (Å²) in [6.07, 6.45) is 4.02. The van der Waals surface area contributed by atoms with Gasteiger partial charge in [0.25, 0.3) is 0 Å². The monoisotopic (exact) mass is 162 g/mol. The Balaban J connectivity index is 3.63. The average Bonchev–Trinajstić information content (AvgIpc) is 1.84. The molecule has 0 amide bonds. The predicted octanol–water partition coefficient (Wildman–Crippen LogP) is 2.24. The van der Waals surface area contributed by atoms with Crippen LogP contribution < -0.4 is 0 Å². The van der Waals surface area contributed by atoms with Crippen LogP contribution in [0.2, 0.25) is 0 Å². The van der Waals surface area contributed by atoms with E-state index in [2.05, 4.69) is 6.58 Å². The molecule has 3 heteroatoms. The molecule has 10 heavy (non-hydrogen) atoms. The maximum absolute atomic E-state index is 11.1. The van der Waals surface area contributed by atoms with Crippen molar-refractivity contribution in [3.63, 3.8) is 0 Å². The normalized spacial score (nSPS) is 16.2. The topological polar surface area (TPSA) is 37.3 Å². The third kappa shape index (κ3) is 4.78. The third-order valence-corrected chi connectivity index (χ3v) is 3.12. The Labute approximate surface area is 62.4 Å². The van der Waals surface area contributed by atoms with Gasteiger partial charge in [0, 0.05) is 12.3 Å². The molecule has 0 bridgehead atoms. The number of rotatable bonds is 5. The molecule has 0 rings (SSSR count). The molecule has 0 aliphatic rings. The summed E-state index contributed by atoms with van der Waals surface area (Å²) in [6.45, 7) is 5.43. The lowest BCUT2D eigenvalue weighted by atomic mass is 10.4. The van der Waals surface area contributed by atoms with Gasteiger partial charge in [-0.05, 0) is 6.42 Å². The van der Waals surface area contributed by atoms with Crippen LogP contribution >= 0.6 is 7.37 Å². The Bertz CT molecular complexity index is 143. The minimum Gasteiger partial charge on any atom is -0.344 e. The largest absolute Gasteiger partial charge is 0.344 e. The average molecular weight is 162 g/mol. The van der Waals surface area contributed by atoms with E-state index in [9.17, 15) is 4.57 Å². The standard InChI is InChI=1S/C7H15O2P/c1-3-5-7-10(8,9)6-4-2/h4H,2-3,5-7H2,1H3,(H,8,9). The van der Waals surface area contributed by atoms with E-state index in [0.717, 1.165) is 12.8 Å². The fourth-order valence-corrected chi connectivity index (χ4v) is 2.09. The maximum Gasteiger partial charge on any atom is 0.204 e. The first-order valence-corrected chi connectivity index (χ1v) is 5.57. The molecule has 1 N–H and O–H groups in total. The Hall–Kier alpha value is -0.0700. The smallest absolute Gasteiger partial charge is 0.204 e. The van der Waals surface area contributed by atoms with Crippen molar-refractivity contribution in [1.82, 2.24) is 0 Å². The number of hydrogen-bond donors (Lipinski definition) is 1. The quantitative estimate of drug-likeness (QED) is 0.497. The second kappa shape index (κ2) is 4.70. The molecule has 0 saturated heterocycles. The Morgan fingerprint density at radius 1 is 1.70 bits per heavy atom. The van der Waals surface area contributed by atoms with Gasteiger partial charge < -0.3 is 4.89 Å². The summed E-state index contributed by atoms with van der Waals surface area (Å²) >= 11 is 0. The molecule has 0 radical (unpaired) electrons. The van der Waals surface area contributed by atoms with Crippen molar-refractivity contribution >= 4 is 7.37 Å². The van der Waals surface area contributed by atoms with Crippen molar-refractivity contribution in [2.75, 3.05) is 12.3 Å². The molecule has 0 aromatic heterocycles. The number of unbranched alkanes of at least 4 members (excludes halogenated alkanes) is 1. The van der Waals surface area contributed by atoms with Gasteiger partial charge in [-0.1, -0.05) is 19.4 Å². The summed E-state index contributed by atoms with van der Waals surface area (Å²) in [5.74, 6) is 0. The highest BCUT2D eigenvalue weighted by molar-refractivity contribution is 7.58. The fraction of sp³-hybridized carbons (Fsp3) is 0.714. The van der Waals surface area contributed by atoms with Crippen molar-refractivity contribution < 1.29 is 9.46 Å². The highest BCUT2D eigenvalue weighted by Gasteiger charge is 2.13. The maximum atomic E-state index is 11.1. The molecule has 0 fully saturated rings. The van der Waals surface area contributed by atoms with Gasteiger partial charge in [0.15, 0.2) is 0 Å². The van der Waals surface area contributed by atoms with Gasteiger partial charge in [0.2, 0.25) is 7.37 Å². The summed E-state index contributed by atoms with van der Waals surface area (Å²) in [4.78, 5) is 9.13. The molecule has 60 valence electrons. The van der Waals surface area contributed by atoms with Gasteiger partial charge in [-0.3, -0.25) is 4.57 Å². The molecular weight excluding hydrogens is 147 g/mol. The van der Waals surface area contributed by atoms with Crippen LogP contribution in [0.15, 0.2) is 12.7 Å². The summed E-state index contributed by atoms with van der Waals surface area (Å²) in [6, 6.07) is 0. The van der Waals surface area contributed by atoms with E-state index in [1.54, 1.807) is 0 Å². The molecule has 0 aliphatic heterocycles. The highest BCUT2D eigenvalue weighted by Crippen LogP contribution is 2.40. The Kier molecular flexibility index (Phi) is 4.67. The van der Waals surface area contributed by atoms with E-state index >= 15 is 0 Å². The van der Waals surface area contributed by atoms with E-state index in [-0.39, 0.29) is 6.16 Å². The summed E-state index contributed by atoms with van der Waals surface area (Å²) in [5, 5.41) is 0. The zero-order valence-corrected chi connectivity index (χ0v) is 7.31. The molecular formula is C7H15O2P.